The number of carbonyl (C=O) groups is 1. The highest BCUT2D eigenvalue weighted by atomic mass is 35.5. The maximum Gasteiger partial charge on any atom is 0.326 e. The summed E-state index contributed by atoms with van der Waals surface area (Å²) in [4.78, 5) is 28.0. The van der Waals surface area contributed by atoms with Crippen molar-refractivity contribution < 1.29 is 9.90 Å². The van der Waals surface area contributed by atoms with E-state index in [0.717, 1.165) is 4.57 Å². The van der Waals surface area contributed by atoms with Gasteiger partial charge in [0.15, 0.2) is 0 Å². The third kappa shape index (κ3) is 2.39. The zero-order valence-corrected chi connectivity index (χ0v) is 12.4. The van der Waals surface area contributed by atoms with E-state index < -0.39 is 17.6 Å². The third-order valence-electron chi connectivity index (χ3n) is 3.08. The summed E-state index contributed by atoms with van der Waals surface area (Å²) in [6.07, 6.45) is 0.275. The lowest BCUT2D eigenvalue weighted by Crippen LogP contribution is -2.32. The molecule has 1 atom stereocenters. The summed E-state index contributed by atoms with van der Waals surface area (Å²) >= 11 is 11.9. The molecule has 5 nitrogen and oxygen atoms in total. The molecule has 0 radical (unpaired) electrons. The summed E-state index contributed by atoms with van der Waals surface area (Å²) in [7, 11) is 0. The first-order chi connectivity index (χ1) is 9.36. The minimum atomic E-state index is -1.08. The summed E-state index contributed by atoms with van der Waals surface area (Å²) in [5, 5.41) is 10.0. The molecule has 0 saturated carbocycles. The largest absolute Gasteiger partial charge is 0.480 e. The molecule has 2 aromatic rings. The Labute approximate surface area is 124 Å². The monoisotopic (exact) mass is 314 g/mol. The van der Waals surface area contributed by atoms with Gasteiger partial charge in [-0.05, 0) is 25.5 Å². The molecule has 1 unspecified atom stereocenters. The Hall–Kier alpha value is -1.59. The van der Waals surface area contributed by atoms with Crippen LogP contribution in [0, 0.1) is 6.92 Å². The van der Waals surface area contributed by atoms with Crippen LogP contribution in [0.3, 0.4) is 0 Å². The fraction of sp³-hybridized carbons (Fsp3) is 0.308. The fourth-order valence-electron chi connectivity index (χ4n) is 2.17. The van der Waals surface area contributed by atoms with Crippen LogP contribution in [-0.2, 0) is 4.79 Å². The molecule has 0 aliphatic rings. The first kappa shape index (κ1) is 14.8. The fourth-order valence-corrected chi connectivity index (χ4v) is 2.71. The quantitative estimate of drug-likeness (QED) is 0.945. The molecule has 7 heteroatoms. The Morgan fingerprint density at radius 3 is 2.65 bits per heavy atom. The van der Waals surface area contributed by atoms with E-state index in [1.54, 1.807) is 13.8 Å². The Morgan fingerprint density at radius 1 is 1.45 bits per heavy atom. The first-order valence-corrected chi connectivity index (χ1v) is 6.73. The zero-order chi connectivity index (χ0) is 15.0. The van der Waals surface area contributed by atoms with Crippen molar-refractivity contribution in [3.8, 4) is 0 Å². The lowest BCUT2D eigenvalue weighted by atomic mass is 10.2. The predicted octanol–water partition coefficient (Wildman–Crippen LogP) is 3.05. The molecule has 0 aliphatic heterocycles. The van der Waals surface area contributed by atoms with Crippen molar-refractivity contribution in [3.05, 3.63) is 38.4 Å². The number of aliphatic carboxylic acids is 1. The number of hydrogen-bond acceptors (Lipinski definition) is 3. The molecule has 2 rings (SSSR count). The maximum atomic E-state index is 12.5. The second kappa shape index (κ2) is 5.42. The lowest BCUT2D eigenvalue weighted by Gasteiger charge is -2.17. The maximum absolute atomic E-state index is 12.5. The van der Waals surface area contributed by atoms with Crippen LogP contribution in [0.25, 0.3) is 10.9 Å². The normalized spacial score (nSPS) is 12.6. The Morgan fingerprint density at radius 2 is 2.10 bits per heavy atom. The van der Waals surface area contributed by atoms with Gasteiger partial charge in [-0.1, -0.05) is 30.1 Å². The highest BCUT2D eigenvalue weighted by Gasteiger charge is 2.22. The summed E-state index contributed by atoms with van der Waals surface area (Å²) in [6, 6.07) is 1.98. The van der Waals surface area contributed by atoms with Crippen LogP contribution in [0.1, 0.15) is 25.2 Å². The number of halogens is 2. The van der Waals surface area contributed by atoms with E-state index in [2.05, 4.69) is 4.98 Å². The van der Waals surface area contributed by atoms with Crippen LogP contribution < -0.4 is 5.56 Å². The number of rotatable bonds is 3. The van der Waals surface area contributed by atoms with Gasteiger partial charge in [0, 0.05) is 5.02 Å². The molecule has 0 aliphatic carbocycles. The Balaban J connectivity index is 2.88. The standard InChI is InChI=1S/C13H12Cl2N2O3/c1-3-10(13(19)20)17-6(2)16-11-8(12(17)18)4-7(14)5-9(11)15/h4-5,10H,3H2,1-2H3,(H,19,20). The number of hydrogen-bond donors (Lipinski definition) is 1. The Kier molecular flexibility index (Phi) is 4.01. The molecule has 0 bridgehead atoms. The second-order valence-corrected chi connectivity index (χ2v) is 5.22. The van der Waals surface area contributed by atoms with Crippen LogP contribution in [0.5, 0.6) is 0 Å². The molecular weight excluding hydrogens is 303 g/mol. The molecule has 20 heavy (non-hydrogen) atoms. The van der Waals surface area contributed by atoms with Gasteiger partial charge < -0.3 is 5.11 Å². The van der Waals surface area contributed by atoms with Gasteiger partial charge in [-0.25, -0.2) is 9.78 Å². The first-order valence-electron chi connectivity index (χ1n) is 5.97. The molecule has 106 valence electrons. The van der Waals surface area contributed by atoms with E-state index in [1.165, 1.54) is 12.1 Å². The van der Waals surface area contributed by atoms with Crippen molar-refractivity contribution in [2.75, 3.05) is 0 Å². The van der Waals surface area contributed by atoms with Gasteiger partial charge in [-0.3, -0.25) is 9.36 Å². The molecule has 1 N–H and O–H groups in total. The van der Waals surface area contributed by atoms with E-state index in [1.807, 2.05) is 0 Å². The van der Waals surface area contributed by atoms with Crippen LogP contribution in [0.2, 0.25) is 10.0 Å². The summed E-state index contributed by atoms with van der Waals surface area (Å²) in [5.74, 6) is -0.770. The number of nitrogens with zero attached hydrogens (tertiary/aromatic N) is 2. The molecule has 1 heterocycles. The average Bonchev–Trinajstić information content (AvgIpc) is 2.35. The predicted molar refractivity (Wildman–Crippen MR) is 77.7 cm³/mol. The summed E-state index contributed by atoms with van der Waals surface area (Å²) in [6.45, 7) is 3.27. The molecule has 1 aromatic carbocycles. The van der Waals surface area contributed by atoms with E-state index in [9.17, 15) is 14.7 Å². The Bertz CT molecular complexity index is 755. The topological polar surface area (TPSA) is 72.2 Å². The minimum Gasteiger partial charge on any atom is -0.480 e. The van der Waals surface area contributed by atoms with Crippen molar-refractivity contribution in [3.63, 3.8) is 0 Å². The van der Waals surface area contributed by atoms with Gasteiger partial charge in [0.05, 0.1) is 15.9 Å². The lowest BCUT2D eigenvalue weighted by molar-refractivity contribution is -0.141. The third-order valence-corrected chi connectivity index (χ3v) is 3.59. The molecular formula is C13H12Cl2N2O3. The SMILES string of the molecule is CCC(C(=O)O)n1c(C)nc2c(Cl)cc(Cl)cc2c1=O. The van der Waals surface area contributed by atoms with Gasteiger partial charge in [0.25, 0.3) is 5.56 Å². The minimum absolute atomic E-state index is 0.216. The van der Waals surface area contributed by atoms with Gasteiger partial charge in [-0.2, -0.15) is 0 Å². The van der Waals surface area contributed by atoms with Crippen molar-refractivity contribution in [2.45, 2.75) is 26.3 Å². The summed E-state index contributed by atoms with van der Waals surface area (Å²) in [5.41, 5.74) is -0.124. The van der Waals surface area contributed by atoms with E-state index in [0.29, 0.717) is 16.4 Å². The smallest absolute Gasteiger partial charge is 0.326 e. The molecule has 0 spiro atoms. The molecule has 0 fully saturated rings. The molecule has 0 saturated heterocycles. The highest BCUT2D eigenvalue weighted by molar-refractivity contribution is 6.38. The van der Waals surface area contributed by atoms with Crippen LogP contribution >= 0.6 is 23.2 Å². The van der Waals surface area contributed by atoms with Gasteiger partial charge in [-0.15, -0.1) is 0 Å². The zero-order valence-electron chi connectivity index (χ0n) is 10.9. The molecule has 1 aromatic heterocycles. The van der Waals surface area contributed by atoms with E-state index in [-0.39, 0.29) is 16.8 Å². The highest BCUT2D eigenvalue weighted by Crippen LogP contribution is 2.25. The van der Waals surface area contributed by atoms with E-state index in [4.69, 9.17) is 23.2 Å². The van der Waals surface area contributed by atoms with Gasteiger partial charge in [0.1, 0.15) is 11.9 Å². The van der Waals surface area contributed by atoms with Crippen LogP contribution in [0.4, 0.5) is 0 Å². The molecule has 0 amide bonds. The summed E-state index contributed by atoms with van der Waals surface area (Å²) < 4.78 is 1.16. The van der Waals surface area contributed by atoms with Crippen LogP contribution in [-0.4, -0.2) is 20.6 Å². The van der Waals surface area contributed by atoms with Crippen molar-refractivity contribution >= 4 is 40.1 Å². The van der Waals surface area contributed by atoms with Gasteiger partial charge >= 0.3 is 5.97 Å². The average molecular weight is 315 g/mol. The van der Waals surface area contributed by atoms with Gasteiger partial charge in [0.2, 0.25) is 0 Å². The number of aromatic nitrogens is 2. The van der Waals surface area contributed by atoms with Crippen molar-refractivity contribution in [1.82, 2.24) is 9.55 Å². The number of benzene rings is 1. The number of carboxylic acid groups (broad SMARTS) is 1. The van der Waals surface area contributed by atoms with Crippen molar-refractivity contribution in [1.29, 1.82) is 0 Å². The second-order valence-electron chi connectivity index (χ2n) is 4.38. The van der Waals surface area contributed by atoms with E-state index >= 15 is 0 Å². The number of fused-ring (bicyclic) bond motifs is 1. The van der Waals surface area contributed by atoms with Crippen LogP contribution in [0.15, 0.2) is 16.9 Å². The van der Waals surface area contributed by atoms with Crippen molar-refractivity contribution in [2.24, 2.45) is 0 Å². The number of aryl methyl sites for hydroxylation is 1. The number of carboxylic acids is 1.